The molecule has 2 atom stereocenters. The van der Waals surface area contributed by atoms with Crippen molar-refractivity contribution >= 4 is 30.1 Å². The van der Waals surface area contributed by atoms with Gasteiger partial charge in [-0.2, -0.15) is 11.8 Å². The summed E-state index contributed by atoms with van der Waals surface area (Å²) < 4.78 is 0. The maximum Gasteiger partial charge on any atom is 0.224 e. The van der Waals surface area contributed by atoms with Gasteiger partial charge < -0.3 is 11.1 Å². The third kappa shape index (κ3) is 4.15. The fraction of sp³-hybridized carbons (Fsp3) is 0.909. The monoisotopic (exact) mass is 266 g/mol. The Morgan fingerprint density at radius 2 is 2.19 bits per heavy atom. The van der Waals surface area contributed by atoms with Crippen LogP contribution in [0.2, 0.25) is 0 Å². The number of carbonyl (C=O) groups is 1. The number of halogens is 1. The second-order valence-corrected chi connectivity index (χ2v) is 5.65. The van der Waals surface area contributed by atoms with E-state index >= 15 is 0 Å². The molecule has 1 fully saturated rings. The van der Waals surface area contributed by atoms with Crippen LogP contribution in [0.15, 0.2) is 0 Å². The lowest BCUT2D eigenvalue weighted by molar-refractivity contribution is -0.125. The minimum Gasteiger partial charge on any atom is -0.349 e. The lowest BCUT2D eigenvalue weighted by Gasteiger charge is -2.30. The summed E-state index contributed by atoms with van der Waals surface area (Å²) in [5.74, 6) is 1.68. The van der Waals surface area contributed by atoms with Crippen molar-refractivity contribution in [2.75, 3.05) is 18.6 Å². The van der Waals surface area contributed by atoms with Crippen LogP contribution in [0.25, 0.3) is 0 Å². The molecule has 0 aromatic carbocycles. The highest BCUT2D eigenvalue weighted by Gasteiger charge is 2.41. The normalized spacial score (nSPS) is 20.5. The van der Waals surface area contributed by atoms with Gasteiger partial charge >= 0.3 is 0 Å². The minimum absolute atomic E-state index is 0. The highest BCUT2D eigenvalue weighted by Crippen LogP contribution is 2.39. The third-order valence-corrected chi connectivity index (χ3v) is 4.01. The Morgan fingerprint density at radius 1 is 1.62 bits per heavy atom. The topological polar surface area (TPSA) is 55.1 Å². The predicted molar refractivity (Wildman–Crippen MR) is 73.1 cm³/mol. The van der Waals surface area contributed by atoms with E-state index in [0.717, 1.165) is 5.75 Å². The van der Waals surface area contributed by atoms with Crippen molar-refractivity contribution in [2.45, 2.75) is 32.2 Å². The maximum absolute atomic E-state index is 11.9. The van der Waals surface area contributed by atoms with E-state index in [2.05, 4.69) is 12.2 Å². The molecule has 1 aliphatic rings. The first kappa shape index (κ1) is 16.1. The second kappa shape index (κ2) is 6.72. The molecule has 0 aliphatic heterocycles. The first-order chi connectivity index (χ1) is 7.03. The number of thioether (sulfide) groups is 1. The SMILES string of the molecule is CSCC(C)C(=O)NC(C)(CN)C1CC1.Cl. The fourth-order valence-corrected chi connectivity index (χ4v) is 2.42. The Balaban J connectivity index is 0.00000225. The van der Waals surface area contributed by atoms with Crippen molar-refractivity contribution in [3.8, 4) is 0 Å². The van der Waals surface area contributed by atoms with E-state index in [1.165, 1.54) is 12.8 Å². The van der Waals surface area contributed by atoms with Gasteiger partial charge in [-0.25, -0.2) is 0 Å². The summed E-state index contributed by atoms with van der Waals surface area (Å²) in [6, 6.07) is 0. The first-order valence-corrected chi connectivity index (χ1v) is 6.94. The summed E-state index contributed by atoms with van der Waals surface area (Å²) in [6.45, 7) is 4.57. The van der Waals surface area contributed by atoms with Crippen molar-refractivity contribution < 1.29 is 4.79 Å². The zero-order valence-electron chi connectivity index (χ0n) is 10.3. The van der Waals surface area contributed by atoms with Crippen LogP contribution in [0.1, 0.15) is 26.7 Å². The summed E-state index contributed by atoms with van der Waals surface area (Å²) in [6.07, 6.45) is 4.42. The molecule has 3 N–H and O–H groups in total. The Bertz CT molecular complexity index is 236. The molecule has 1 saturated carbocycles. The number of nitrogens with one attached hydrogen (secondary N) is 1. The number of rotatable bonds is 6. The van der Waals surface area contributed by atoms with E-state index in [1.807, 2.05) is 13.2 Å². The average molecular weight is 267 g/mol. The Morgan fingerprint density at radius 3 is 2.56 bits per heavy atom. The number of carbonyl (C=O) groups excluding carboxylic acids is 1. The summed E-state index contributed by atoms with van der Waals surface area (Å²) >= 11 is 1.70. The van der Waals surface area contributed by atoms with Gasteiger partial charge in [0.15, 0.2) is 0 Å². The molecule has 1 aliphatic carbocycles. The average Bonchev–Trinajstić information content (AvgIpc) is 3.01. The van der Waals surface area contributed by atoms with Crippen LogP contribution in [0.4, 0.5) is 0 Å². The van der Waals surface area contributed by atoms with Gasteiger partial charge in [-0.3, -0.25) is 4.79 Å². The highest BCUT2D eigenvalue weighted by molar-refractivity contribution is 7.98. The van der Waals surface area contributed by atoms with Crippen LogP contribution in [0.3, 0.4) is 0 Å². The van der Waals surface area contributed by atoms with Crippen molar-refractivity contribution in [1.82, 2.24) is 5.32 Å². The van der Waals surface area contributed by atoms with Gasteiger partial charge in [0.05, 0.1) is 5.54 Å². The summed E-state index contributed by atoms with van der Waals surface area (Å²) in [4.78, 5) is 11.9. The third-order valence-electron chi connectivity index (χ3n) is 3.18. The second-order valence-electron chi connectivity index (χ2n) is 4.74. The first-order valence-electron chi connectivity index (χ1n) is 5.54. The molecule has 0 heterocycles. The number of nitrogens with two attached hydrogens (primary N) is 1. The molecule has 96 valence electrons. The molecule has 0 aromatic rings. The molecule has 5 heteroatoms. The minimum atomic E-state index is -0.177. The van der Waals surface area contributed by atoms with Gasteiger partial charge in [0.2, 0.25) is 5.91 Å². The Labute approximate surface area is 109 Å². The largest absolute Gasteiger partial charge is 0.349 e. The quantitative estimate of drug-likeness (QED) is 0.769. The molecule has 0 aromatic heterocycles. The standard InChI is InChI=1S/C11H22N2OS.ClH/c1-8(6-15-3)10(14)13-11(2,7-12)9-4-5-9;/h8-9H,4-7,12H2,1-3H3,(H,13,14);1H. The summed E-state index contributed by atoms with van der Waals surface area (Å²) in [5, 5.41) is 3.11. The molecule has 2 unspecified atom stereocenters. The molecular weight excluding hydrogens is 244 g/mol. The van der Waals surface area contributed by atoms with Crippen LogP contribution in [-0.4, -0.2) is 30.0 Å². The number of hydrogen-bond donors (Lipinski definition) is 2. The van der Waals surface area contributed by atoms with Gasteiger partial charge in [-0.05, 0) is 31.9 Å². The smallest absolute Gasteiger partial charge is 0.224 e. The molecule has 16 heavy (non-hydrogen) atoms. The van der Waals surface area contributed by atoms with Gasteiger partial charge in [-0.15, -0.1) is 12.4 Å². The molecule has 3 nitrogen and oxygen atoms in total. The molecule has 0 bridgehead atoms. The van der Waals surface area contributed by atoms with E-state index in [4.69, 9.17) is 5.73 Å². The van der Waals surface area contributed by atoms with E-state index in [-0.39, 0.29) is 29.8 Å². The van der Waals surface area contributed by atoms with Crippen LogP contribution in [-0.2, 0) is 4.79 Å². The number of amides is 1. The molecule has 0 spiro atoms. The van der Waals surface area contributed by atoms with Crippen molar-refractivity contribution in [3.05, 3.63) is 0 Å². The Kier molecular flexibility index (Phi) is 6.75. The zero-order valence-corrected chi connectivity index (χ0v) is 11.9. The highest BCUT2D eigenvalue weighted by atomic mass is 35.5. The van der Waals surface area contributed by atoms with E-state index < -0.39 is 0 Å². The zero-order chi connectivity index (χ0) is 11.5. The molecular formula is C11H23ClN2OS. The van der Waals surface area contributed by atoms with Gasteiger partial charge in [-0.1, -0.05) is 6.92 Å². The summed E-state index contributed by atoms with van der Waals surface area (Å²) in [7, 11) is 0. The van der Waals surface area contributed by atoms with Gasteiger partial charge in [0.25, 0.3) is 0 Å². The van der Waals surface area contributed by atoms with Gasteiger partial charge in [0.1, 0.15) is 0 Å². The van der Waals surface area contributed by atoms with E-state index in [0.29, 0.717) is 12.5 Å². The van der Waals surface area contributed by atoms with Crippen LogP contribution < -0.4 is 11.1 Å². The molecule has 0 radical (unpaired) electrons. The van der Waals surface area contributed by atoms with Crippen molar-refractivity contribution in [1.29, 1.82) is 0 Å². The molecule has 1 rings (SSSR count). The lowest BCUT2D eigenvalue weighted by atomic mass is 9.95. The Hall–Kier alpha value is 0.0700. The van der Waals surface area contributed by atoms with Crippen molar-refractivity contribution in [3.63, 3.8) is 0 Å². The van der Waals surface area contributed by atoms with Gasteiger partial charge in [0, 0.05) is 18.2 Å². The van der Waals surface area contributed by atoms with Crippen LogP contribution in [0.5, 0.6) is 0 Å². The fourth-order valence-electron chi connectivity index (χ4n) is 1.77. The maximum atomic E-state index is 11.9. The van der Waals surface area contributed by atoms with Crippen LogP contribution >= 0.6 is 24.2 Å². The van der Waals surface area contributed by atoms with E-state index in [9.17, 15) is 4.79 Å². The molecule has 0 saturated heterocycles. The molecule has 1 amide bonds. The number of hydrogen-bond acceptors (Lipinski definition) is 3. The predicted octanol–water partition coefficient (Wildman–Crippen LogP) is 1.65. The lowest BCUT2D eigenvalue weighted by Crippen LogP contribution is -2.54. The van der Waals surface area contributed by atoms with Crippen molar-refractivity contribution in [2.24, 2.45) is 17.6 Å². The summed E-state index contributed by atoms with van der Waals surface area (Å²) in [5.41, 5.74) is 5.57. The van der Waals surface area contributed by atoms with Crippen LogP contribution in [0, 0.1) is 11.8 Å². The van der Waals surface area contributed by atoms with E-state index in [1.54, 1.807) is 11.8 Å².